The first-order valence-electron chi connectivity index (χ1n) is 11.0. The lowest BCUT2D eigenvalue weighted by atomic mass is 10.0. The van der Waals surface area contributed by atoms with Gasteiger partial charge in [-0.25, -0.2) is 9.18 Å². The van der Waals surface area contributed by atoms with Gasteiger partial charge in [0, 0.05) is 49.7 Å². The van der Waals surface area contributed by atoms with Gasteiger partial charge in [-0.1, -0.05) is 13.8 Å². The van der Waals surface area contributed by atoms with Crippen molar-refractivity contribution in [3.8, 4) is 0 Å². The second-order valence-corrected chi connectivity index (χ2v) is 8.46. The molecular weight excluding hydrogens is 401 g/mol. The van der Waals surface area contributed by atoms with Gasteiger partial charge in [-0.05, 0) is 37.8 Å². The Bertz CT molecular complexity index is 1080. The van der Waals surface area contributed by atoms with E-state index in [2.05, 4.69) is 0 Å². The van der Waals surface area contributed by atoms with Crippen molar-refractivity contribution in [1.82, 2.24) is 9.47 Å². The van der Waals surface area contributed by atoms with Crippen molar-refractivity contribution in [3.05, 3.63) is 39.9 Å². The number of benzene rings is 1. The minimum absolute atomic E-state index is 0.0281. The smallest absolute Gasteiger partial charge is 0.341 e. The largest absolute Gasteiger partial charge is 0.477 e. The number of fused-ring (bicyclic) bond motifs is 1. The molecule has 2 aromatic rings. The maximum absolute atomic E-state index is 15.0. The van der Waals surface area contributed by atoms with E-state index in [1.165, 1.54) is 12.3 Å². The Labute approximate surface area is 180 Å². The van der Waals surface area contributed by atoms with Crippen molar-refractivity contribution in [1.29, 1.82) is 0 Å². The summed E-state index contributed by atoms with van der Waals surface area (Å²) in [6, 6.07) is 2.96. The number of carboxylic acid groups (broad SMARTS) is 1. The van der Waals surface area contributed by atoms with Crippen LogP contribution in [0, 0.1) is 11.7 Å². The molecule has 1 aromatic carbocycles. The van der Waals surface area contributed by atoms with E-state index >= 15 is 4.39 Å². The molecule has 2 heterocycles. The van der Waals surface area contributed by atoms with Gasteiger partial charge in [0.15, 0.2) is 0 Å². The molecule has 2 fully saturated rings. The van der Waals surface area contributed by atoms with Gasteiger partial charge in [-0.3, -0.25) is 9.59 Å². The molecule has 1 amide bonds. The number of pyridine rings is 1. The third-order valence-corrected chi connectivity index (χ3v) is 6.54. The second kappa shape index (κ2) is 8.32. The number of piperazine rings is 1. The normalized spacial score (nSPS) is 16.9. The average molecular weight is 429 g/mol. The molecule has 0 atom stereocenters. The van der Waals surface area contributed by atoms with Crippen LogP contribution in [0.25, 0.3) is 10.9 Å². The van der Waals surface area contributed by atoms with Crippen molar-refractivity contribution >= 4 is 28.5 Å². The minimum Gasteiger partial charge on any atom is -0.477 e. The second-order valence-electron chi connectivity index (χ2n) is 8.46. The Hall–Kier alpha value is -2.90. The molecule has 0 spiro atoms. The first-order valence-corrected chi connectivity index (χ1v) is 11.0. The van der Waals surface area contributed by atoms with Crippen molar-refractivity contribution in [2.24, 2.45) is 5.92 Å². The summed E-state index contributed by atoms with van der Waals surface area (Å²) in [6.45, 7) is 6.11. The van der Waals surface area contributed by atoms with Crippen LogP contribution in [-0.2, 0) is 4.79 Å². The molecule has 4 rings (SSSR count). The Morgan fingerprint density at radius 1 is 1.13 bits per heavy atom. The predicted octanol–water partition coefficient (Wildman–Crippen LogP) is 3.26. The number of aromatic carboxylic acids is 1. The van der Waals surface area contributed by atoms with Gasteiger partial charge in [0.1, 0.15) is 11.4 Å². The van der Waals surface area contributed by atoms with E-state index in [-0.39, 0.29) is 28.8 Å². The van der Waals surface area contributed by atoms with Crippen LogP contribution in [0.4, 0.5) is 10.1 Å². The van der Waals surface area contributed by atoms with E-state index in [1.807, 2.05) is 23.6 Å². The maximum atomic E-state index is 15.0. The molecule has 0 radical (unpaired) electrons. The summed E-state index contributed by atoms with van der Waals surface area (Å²) in [4.78, 5) is 40.5. The number of hydrogen-bond acceptors (Lipinski definition) is 4. The number of anilines is 1. The summed E-state index contributed by atoms with van der Waals surface area (Å²) in [5.41, 5.74) is -0.0473. The average Bonchev–Trinajstić information content (AvgIpc) is 3.60. The fraction of sp³-hybridized carbons (Fsp3) is 0.522. The number of amides is 1. The number of carbonyl (C=O) groups excluding carboxylic acids is 1. The van der Waals surface area contributed by atoms with E-state index in [4.69, 9.17) is 0 Å². The van der Waals surface area contributed by atoms with Gasteiger partial charge in [-0.2, -0.15) is 0 Å². The highest BCUT2D eigenvalue weighted by Crippen LogP contribution is 2.38. The summed E-state index contributed by atoms with van der Waals surface area (Å²) >= 11 is 0. The molecular formula is C23H28FN3O4. The standard InChI is InChI=1S/C23H28FN3O4/c1-3-14(4-2)22(29)26-9-7-25(8-10-26)20-12-19-16(11-18(20)24)21(28)17(23(30)31)13-27(19)15-5-6-15/h11-15H,3-10H2,1-2H3,(H,30,31). The van der Waals surface area contributed by atoms with Crippen molar-refractivity contribution in [2.75, 3.05) is 31.1 Å². The zero-order valence-electron chi connectivity index (χ0n) is 17.9. The van der Waals surface area contributed by atoms with Gasteiger partial charge in [0.25, 0.3) is 0 Å². The summed E-state index contributed by atoms with van der Waals surface area (Å²) in [6.07, 6.45) is 4.82. The highest BCUT2D eigenvalue weighted by Gasteiger charge is 2.29. The first kappa shape index (κ1) is 21.3. The molecule has 7 nitrogen and oxygen atoms in total. The van der Waals surface area contributed by atoms with E-state index in [9.17, 15) is 19.5 Å². The molecule has 1 aliphatic heterocycles. The molecule has 8 heteroatoms. The van der Waals surface area contributed by atoms with Crippen LogP contribution in [0.15, 0.2) is 23.1 Å². The zero-order valence-corrected chi connectivity index (χ0v) is 17.9. The van der Waals surface area contributed by atoms with Crippen molar-refractivity contribution < 1.29 is 19.1 Å². The van der Waals surface area contributed by atoms with Crippen LogP contribution in [0.2, 0.25) is 0 Å². The van der Waals surface area contributed by atoms with Crippen molar-refractivity contribution in [3.63, 3.8) is 0 Å². The lowest BCUT2D eigenvalue weighted by molar-refractivity contribution is -0.136. The number of rotatable bonds is 6. The SMILES string of the molecule is CCC(CC)C(=O)N1CCN(c2cc3c(cc2F)c(=O)c(C(=O)O)cn3C2CC2)CC1. The highest BCUT2D eigenvalue weighted by molar-refractivity contribution is 5.93. The summed E-state index contributed by atoms with van der Waals surface area (Å²) in [7, 11) is 0. The molecule has 1 N–H and O–H groups in total. The Balaban J connectivity index is 1.65. The molecule has 2 aliphatic rings. The minimum atomic E-state index is -1.30. The predicted molar refractivity (Wildman–Crippen MR) is 116 cm³/mol. The third-order valence-electron chi connectivity index (χ3n) is 6.54. The number of nitrogens with zero attached hydrogens (tertiary/aromatic N) is 3. The molecule has 1 saturated heterocycles. The number of carbonyl (C=O) groups is 2. The summed E-state index contributed by atoms with van der Waals surface area (Å²) in [5, 5.41) is 9.47. The number of carboxylic acids is 1. The quantitative estimate of drug-likeness (QED) is 0.762. The number of halogens is 1. The summed E-state index contributed by atoms with van der Waals surface area (Å²) in [5.74, 6) is -1.66. The van der Waals surface area contributed by atoms with E-state index in [0.29, 0.717) is 37.4 Å². The van der Waals surface area contributed by atoms with E-state index in [1.54, 1.807) is 10.6 Å². The van der Waals surface area contributed by atoms with Crippen LogP contribution in [0.3, 0.4) is 0 Å². The van der Waals surface area contributed by atoms with Crippen LogP contribution >= 0.6 is 0 Å². The fourth-order valence-electron chi connectivity index (χ4n) is 4.47. The lowest BCUT2D eigenvalue weighted by Gasteiger charge is -2.37. The number of aromatic nitrogens is 1. The topological polar surface area (TPSA) is 82.8 Å². The van der Waals surface area contributed by atoms with Crippen LogP contribution < -0.4 is 10.3 Å². The van der Waals surface area contributed by atoms with Gasteiger partial charge in [0.05, 0.1) is 11.2 Å². The number of hydrogen-bond donors (Lipinski definition) is 1. The first-order chi connectivity index (χ1) is 14.8. The van der Waals surface area contributed by atoms with Crippen LogP contribution in [0.5, 0.6) is 0 Å². The Morgan fingerprint density at radius 3 is 2.32 bits per heavy atom. The third kappa shape index (κ3) is 3.91. The van der Waals surface area contributed by atoms with Crippen LogP contribution in [-0.4, -0.2) is 52.6 Å². The van der Waals surface area contributed by atoms with Gasteiger partial charge in [0.2, 0.25) is 11.3 Å². The lowest BCUT2D eigenvalue weighted by Crippen LogP contribution is -2.50. The molecule has 1 saturated carbocycles. The van der Waals surface area contributed by atoms with E-state index < -0.39 is 17.2 Å². The fourth-order valence-corrected chi connectivity index (χ4v) is 4.47. The molecule has 166 valence electrons. The van der Waals surface area contributed by atoms with E-state index in [0.717, 1.165) is 25.7 Å². The molecule has 0 unspecified atom stereocenters. The molecule has 1 aliphatic carbocycles. The highest BCUT2D eigenvalue weighted by atomic mass is 19.1. The van der Waals surface area contributed by atoms with Crippen molar-refractivity contribution in [2.45, 2.75) is 45.6 Å². The van der Waals surface area contributed by atoms with Gasteiger partial charge in [-0.15, -0.1) is 0 Å². The molecule has 0 bridgehead atoms. The molecule has 1 aromatic heterocycles. The van der Waals surface area contributed by atoms with Gasteiger partial charge >= 0.3 is 5.97 Å². The zero-order chi connectivity index (χ0) is 22.3. The maximum Gasteiger partial charge on any atom is 0.341 e. The molecule has 31 heavy (non-hydrogen) atoms. The monoisotopic (exact) mass is 429 g/mol. The summed E-state index contributed by atoms with van der Waals surface area (Å²) < 4.78 is 16.8. The Morgan fingerprint density at radius 2 is 1.77 bits per heavy atom. The van der Waals surface area contributed by atoms with Crippen LogP contribution in [0.1, 0.15) is 55.9 Å². The van der Waals surface area contributed by atoms with Gasteiger partial charge < -0.3 is 19.5 Å². The Kier molecular flexibility index (Phi) is 5.73.